The minimum atomic E-state index is -0.459. The summed E-state index contributed by atoms with van der Waals surface area (Å²) in [6.07, 6.45) is 2.31. The first-order valence-corrected chi connectivity index (χ1v) is 9.52. The Morgan fingerprint density at radius 3 is 2.70 bits per heavy atom. The van der Waals surface area contributed by atoms with E-state index in [1.807, 2.05) is 0 Å². The lowest BCUT2D eigenvalue weighted by atomic mass is 10.0. The van der Waals surface area contributed by atoms with Crippen LogP contribution in [0.1, 0.15) is 50.7 Å². The number of ether oxygens (including phenoxy) is 1. The van der Waals surface area contributed by atoms with E-state index in [0.717, 1.165) is 16.0 Å². The molecule has 2 amide bonds. The van der Waals surface area contributed by atoms with Crippen LogP contribution >= 0.6 is 11.3 Å². The van der Waals surface area contributed by atoms with Gasteiger partial charge in [-0.2, -0.15) is 5.10 Å². The molecule has 0 spiro atoms. The molecule has 144 valence electrons. The van der Waals surface area contributed by atoms with Crippen LogP contribution in [-0.2, 0) is 29.5 Å². The summed E-state index contributed by atoms with van der Waals surface area (Å²) in [7, 11) is 1.74. The maximum atomic E-state index is 12.7. The summed E-state index contributed by atoms with van der Waals surface area (Å²) in [4.78, 5) is 39.5. The molecule has 1 aliphatic heterocycles. The van der Waals surface area contributed by atoms with Crippen LogP contribution in [0.3, 0.4) is 0 Å². The van der Waals surface area contributed by atoms with Crippen LogP contribution in [0.2, 0.25) is 0 Å². The van der Waals surface area contributed by atoms with Crippen molar-refractivity contribution in [2.24, 2.45) is 7.05 Å². The van der Waals surface area contributed by atoms with Crippen LogP contribution in [0.4, 0.5) is 5.00 Å². The number of aromatic nitrogens is 2. The molecule has 0 unspecified atom stereocenters. The molecule has 2 aromatic rings. The molecule has 27 heavy (non-hydrogen) atoms. The lowest BCUT2D eigenvalue weighted by Gasteiger charge is -2.25. The third-order valence-corrected chi connectivity index (χ3v) is 5.57. The largest absolute Gasteiger partial charge is 0.462 e. The Balaban J connectivity index is 1.96. The Kier molecular flexibility index (Phi) is 5.31. The molecule has 0 fully saturated rings. The van der Waals surface area contributed by atoms with E-state index in [1.165, 1.54) is 18.3 Å². The van der Waals surface area contributed by atoms with Crippen molar-refractivity contribution in [1.29, 1.82) is 0 Å². The van der Waals surface area contributed by atoms with E-state index in [0.29, 0.717) is 35.8 Å². The first kappa shape index (κ1) is 19.1. The van der Waals surface area contributed by atoms with Crippen molar-refractivity contribution in [2.45, 2.75) is 33.7 Å². The monoisotopic (exact) mass is 390 g/mol. The van der Waals surface area contributed by atoms with Crippen LogP contribution in [0, 0.1) is 6.92 Å². The molecule has 0 bridgehead atoms. The zero-order chi connectivity index (χ0) is 19.7. The SMILES string of the molecule is CCOC(=O)c1c(NC(=O)c2nn(C)cc2C)sc2c1CCN(C(C)=O)C2. The van der Waals surface area contributed by atoms with Crippen LogP contribution < -0.4 is 5.32 Å². The minimum absolute atomic E-state index is 0.0126. The summed E-state index contributed by atoms with van der Waals surface area (Å²) in [5.41, 5.74) is 2.30. The molecule has 0 aromatic carbocycles. The molecule has 0 aliphatic carbocycles. The lowest BCUT2D eigenvalue weighted by Crippen LogP contribution is -2.34. The van der Waals surface area contributed by atoms with E-state index in [2.05, 4.69) is 10.4 Å². The molecule has 9 heteroatoms. The number of thiophene rings is 1. The molecule has 3 heterocycles. The van der Waals surface area contributed by atoms with Gasteiger partial charge in [-0.15, -0.1) is 11.3 Å². The maximum Gasteiger partial charge on any atom is 0.341 e. The summed E-state index contributed by atoms with van der Waals surface area (Å²) < 4.78 is 6.77. The topological polar surface area (TPSA) is 93.5 Å². The van der Waals surface area contributed by atoms with E-state index in [4.69, 9.17) is 4.74 Å². The first-order chi connectivity index (χ1) is 12.8. The third kappa shape index (κ3) is 3.73. The number of nitrogens with zero attached hydrogens (tertiary/aromatic N) is 3. The summed E-state index contributed by atoms with van der Waals surface area (Å²) >= 11 is 1.31. The van der Waals surface area contributed by atoms with Gasteiger partial charge in [0.2, 0.25) is 5.91 Å². The average Bonchev–Trinajstić information content (AvgIpc) is 3.13. The summed E-state index contributed by atoms with van der Waals surface area (Å²) in [5, 5.41) is 7.44. The van der Waals surface area contributed by atoms with E-state index < -0.39 is 5.97 Å². The van der Waals surface area contributed by atoms with Crippen molar-refractivity contribution in [2.75, 3.05) is 18.5 Å². The molecule has 0 saturated heterocycles. The van der Waals surface area contributed by atoms with Gasteiger partial charge in [0.15, 0.2) is 5.69 Å². The fourth-order valence-electron chi connectivity index (χ4n) is 3.17. The molecule has 0 saturated carbocycles. The van der Waals surface area contributed by atoms with Crippen molar-refractivity contribution in [3.63, 3.8) is 0 Å². The number of hydrogen-bond acceptors (Lipinski definition) is 6. The molecular formula is C18H22N4O4S. The molecule has 0 atom stereocenters. The fourth-order valence-corrected chi connectivity index (χ4v) is 4.42. The lowest BCUT2D eigenvalue weighted by molar-refractivity contribution is -0.129. The number of aryl methyl sites for hydroxylation is 2. The van der Waals surface area contributed by atoms with Gasteiger partial charge in [0.25, 0.3) is 5.91 Å². The second kappa shape index (κ2) is 7.51. The number of carbonyl (C=O) groups excluding carboxylic acids is 3. The van der Waals surface area contributed by atoms with Crippen molar-refractivity contribution >= 4 is 34.1 Å². The maximum absolute atomic E-state index is 12.7. The van der Waals surface area contributed by atoms with Gasteiger partial charge in [0, 0.05) is 37.2 Å². The van der Waals surface area contributed by atoms with Gasteiger partial charge in [-0.3, -0.25) is 14.3 Å². The summed E-state index contributed by atoms with van der Waals surface area (Å²) in [5.74, 6) is -0.846. The van der Waals surface area contributed by atoms with Crippen molar-refractivity contribution < 1.29 is 19.1 Å². The van der Waals surface area contributed by atoms with Crippen molar-refractivity contribution in [3.8, 4) is 0 Å². The number of anilines is 1. The van der Waals surface area contributed by atoms with Crippen molar-refractivity contribution in [3.05, 3.63) is 33.5 Å². The predicted molar refractivity (Wildman–Crippen MR) is 101 cm³/mol. The fraction of sp³-hybridized carbons (Fsp3) is 0.444. The van der Waals surface area contributed by atoms with Gasteiger partial charge < -0.3 is 15.0 Å². The Bertz CT molecular complexity index is 915. The number of esters is 1. The van der Waals surface area contributed by atoms with E-state index >= 15 is 0 Å². The zero-order valence-corrected chi connectivity index (χ0v) is 16.6. The Labute approximate surface area is 161 Å². The number of hydrogen-bond donors (Lipinski definition) is 1. The molecule has 3 rings (SSSR count). The number of fused-ring (bicyclic) bond motifs is 1. The third-order valence-electron chi connectivity index (χ3n) is 4.44. The number of nitrogens with one attached hydrogen (secondary N) is 1. The molecule has 0 radical (unpaired) electrons. The number of carbonyl (C=O) groups is 3. The van der Waals surface area contributed by atoms with Crippen LogP contribution in [0.25, 0.3) is 0 Å². The van der Waals surface area contributed by atoms with E-state index in [-0.39, 0.29) is 18.4 Å². The van der Waals surface area contributed by atoms with Gasteiger partial charge >= 0.3 is 5.97 Å². The van der Waals surface area contributed by atoms with Gasteiger partial charge in [-0.05, 0) is 25.8 Å². The molecular weight excluding hydrogens is 368 g/mol. The molecule has 1 N–H and O–H groups in total. The zero-order valence-electron chi connectivity index (χ0n) is 15.8. The summed E-state index contributed by atoms with van der Waals surface area (Å²) in [6.45, 7) is 6.29. The molecule has 2 aromatic heterocycles. The van der Waals surface area contributed by atoms with Gasteiger partial charge in [-0.25, -0.2) is 4.79 Å². The van der Waals surface area contributed by atoms with Crippen LogP contribution in [-0.4, -0.2) is 45.6 Å². The smallest absolute Gasteiger partial charge is 0.341 e. The highest BCUT2D eigenvalue weighted by Gasteiger charge is 2.30. The minimum Gasteiger partial charge on any atom is -0.462 e. The second-order valence-corrected chi connectivity index (χ2v) is 7.51. The van der Waals surface area contributed by atoms with Gasteiger partial charge in [0.05, 0.1) is 18.7 Å². The van der Waals surface area contributed by atoms with E-state index in [1.54, 1.807) is 36.7 Å². The molecule has 8 nitrogen and oxygen atoms in total. The van der Waals surface area contributed by atoms with Gasteiger partial charge in [-0.1, -0.05) is 0 Å². The van der Waals surface area contributed by atoms with Gasteiger partial charge in [0.1, 0.15) is 5.00 Å². The average molecular weight is 390 g/mol. The van der Waals surface area contributed by atoms with Crippen LogP contribution in [0.5, 0.6) is 0 Å². The Morgan fingerprint density at radius 2 is 2.11 bits per heavy atom. The Hall–Kier alpha value is -2.68. The highest BCUT2D eigenvalue weighted by Crippen LogP contribution is 2.38. The standard InChI is InChI=1S/C18H22N4O4S/c1-5-26-18(25)14-12-6-7-22(11(3)23)9-13(12)27-17(14)19-16(24)15-10(2)8-21(4)20-15/h8H,5-7,9H2,1-4H3,(H,19,24). The van der Waals surface area contributed by atoms with Crippen molar-refractivity contribution in [1.82, 2.24) is 14.7 Å². The summed E-state index contributed by atoms with van der Waals surface area (Å²) in [6, 6.07) is 0. The highest BCUT2D eigenvalue weighted by molar-refractivity contribution is 7.17. The molecule has 1 aliphatic rings. The highest BCUT2D eigenvalue weighted by atomic mass is 32.1. The first-order valence-electron chi connectivity index (χ1n) is 8.70. The normalized spacial score (nSPS) is 13.3. The predicted octanol–water partition coefficient (Wildman–Crippen LogP) is 2.12. The quantitative estimate of drug-likeness (QED) is 0.807. The van der Waals surface area contributed by atoms with Crippen LogP contribution in [0.15, 0.2) is 6.20 Å². The van der Waals surface area contributed by atoms with E-state index in [9.17, 15) is 14.4 Å². The number of amides is 2. The second-order valence-electron chi connectivity index (χ2n) is 6.41. The number of rotatable bonds is 4. The Morgan fingerprint density at radius 1 is 1.37 bits per heavy atom.